The zero-order valence-electron chi connectivity index (χ0n) is 12.6. The van der Waals surface area contributed by atoms with Gasteiger partial charge in [0, 0.05) is 0 Å². The Morgan fingerprint density at radius 3 is 1.42 bits per heavy atom. The molecule has 0 bridgehead atoms. The van der Waals surface area contributed by atoms with Gasteiger partial charge in [0.1, 0.15) is 0 Å². The van der Waals surface area contributed by atoms with Gasteiger partial charge in [-0.15, -0.1) is 0 Å². The van der Waals surface area contributed by atoms with Gasteiger partial charge in [-0.2, -0.15) is 33.2 Å². The molecule has 0 aliphatic rings. The van der Waals surface area contributed by atoms with Crippen LogP contribution in [0.25, 0.3) is 23.3 Å². The van der Waals surface area contributed by atoms with E-state index in [0.717, 1.165) is 22.3 Å². The summed E-state index contributed by atoms with van der Waals surface area (Å²) in [6, 6.07) is 16.0. The summed E-state index contributed by atoms with van der Waals surface area (Å²) in [4.78, 5) is 0. The van der Waals surface area contributed by atoms with Gasteiger partial charge in [-0.25, -0.2) is 0 Å². The van der Waals surface area contributed by atoms with Crippen molar-refractivity contribution in [2.45, 2.75) is 0 Å². The number of hydrogen-bond acceptors (Lipinski definition) is 4. The van der Waals surface area contributed by atoms with Crippen molar-refractivity contribution in [3.05, 3.63) is 80.2 Å². The summed E-state index contributed by atoms with van der Waals surface area (Å²) < 4.78 is 0. The van der Waals surface area contributed by atoms with Crippen molar-refractivity contribution in [3.63, 3.8) is 0 Å². The maximum Gasteiger partial charge on any atom is 0.0998 e. The molecule has 2 heterocycles. The number of nitrogens with zero attached hydrogens (tertiary/aromatic N) is 2. The Labute approximate surface area is 148 Å². The van der Waals surface area contributed by atoms with E-state index in [1.54, 1.807) is 22.7 Å². The van der Waals surface area contributed by atoms with Gasteiger partial charge in [-0.3, -0.25) is 0 Å². The van der Waals surface area contributed by atoms with Crippen molar-refractivity contribution in [2.75, 3.05) is 0 Å². The van der Waals surface area contributed by atoms with Crippen LogP contribution in [0.1, 0.15) is 22.3 Å². The summed E-state index contributed by atoms with van der Waals surface area (Å²) in [6.45, 7) is 0. The van der Waals surface area contributed by atoms with Crippen LogP contribution in [0.3, 0.4) is 0 Å². The van der Waals surface area contributed by atoms with Crippen LogP contribution in [0.2, 0.25) is 0 Å². The van der Waals surface area contributed by atoms with E-state index >= 15 is 0 Å². The first-order chi connectivity index (χ1) is 11.8. The summed E-state index contributed by atoms with van der Waals surface area (Å²) in [6.07, 6.45) is 3.75. The molecule has 2 nitrogen and oxygen atoms in total. The predicted octanol–water partition coefficient (Wildman–Crippen LogP) is 5.94. The third-order valence-corrected chi connectivity index (χ3v) is 4.86. The average Bonchev–Trinajstić information content (AvgIpc) is 3.31. The zero-order chi connectivity index (χ0) is 16.8. The Morgan fingerprint density at radius 2 is 1.12 bits per heavy atom. The van der Waals surface area contributed by atoms with E-state index in [1.807, 2.05) is 70.1 Å². The molecule has 0 unspecified atom stereocenters. The lowest BCUT2D eigenvalue weighted by atomic mass is 9.99. The molecule has 0 radical (unpaired) electrons. The number of rotatable bonds is 4. The quantitative estimate of drug-likeness (QED) is 0.550. The number of nitriles is 2. The fraction of sp³-hybridized carbons (Fsp3) is 0. The molecular weight excluding hydrogens is 332 g/mol. The molecule has 3 aromatic rings. The van der Waals surface area contributed by atoms with Crippen molar-refractivity contribution >= 4 is 46.0 Å². The second-order valence-corrected chi connectivity index (χ2v) is 6.59. The summed E-state index contributed by atoms with van der Waals surface area (Å²) in [5, 5.41) is 26.8. The van der Waals surface area contributed by atoms with Gasteiger partial charge in [0.05, 0.1) is 23.3 Å². The first kappa shape index (κ1) is 16.0. The Hall–Kier alpha value is -2.92. The predicted molar refractivity (Wildman–Crippen MR) is 102 cm³/mol. The summed E-state index contributed by atoms with van der Waals surface area (Å²) in [7, 11) is 0. The minimum Gasteiger partial charge on any atom is -0.192 e. The molecule has 1 aromatic carbocycles. The average molecular weight is 344 g/mol. The van der Waals surface area contributed by atoms with Crippen LogP contribution in [0.5, 0.6) is 0 Å². The van der Waals surface area contributed by atoms with Gasteiger partial charge in [-0.05, 0) is 68.1 Å². The fourth-order valence-corrected chi connectivity index (χ4v) is 3.47. The van der Waals surface area contributed by atoms with Crippen LogP contribution in [0, 0.1) is 22.7 Å². The lowest BCUT2D eigenvalue weighted by molar-refractivity contribution is 1.50. The van der Waals surface area contributed by atoms with Crippen LogP contribution in [-0.2, 0) is 0 Å². The molecular formula is C20H12N2S2. The highest BCUT2D eigenvalue weighted by atomic mass is 32.1. The molecule has 0 aliphatic heterocycles. The molecule has 0 spiro atoms. The number of hydrogen-bond donors (Lipinski definition) is 0. The van der Waals surface area contributed by atoms with Gasteiger partial charge in [-0.1, -0.05) is 24.3 Å². The molecule has 0 fully saturated rings. The standard InChI is InChI=1S/C20H12N2S2/c21-11-19(9-15-5-7-23-13-15)17-1-2-18(4-3-17)20(12-22)10-16-6-8-24-14-16/h1-10,13-14H/b19-9+,20-10+. The van der Waals surface area contributed by atoms with Crippen molar-refractivity contribution in [1.82, 2.24) is 0 Å². The first-order valence-corrected chi connectivity index (χ1v) is 9.07. The Kier molecular flexibility index (Phi) is 5.03. The monoisotopic (exact) mass is 344 g/mol. The highest BCUT2D eigenvalue weighted by Crippen LogP contribution is 2.23. The minimum absolute atomic E-state index is 0.611. The van der Waals surface area contributed by atoms with Crippen LogP contribution in [-0.4, -0.2) is 0 Å². The van der Waals surface area contributed by atoms with E-state index in [-0.39, 0.29) is 0 Å². The van der Waals surface area contributed by atoms with Crippen LogP contribution in [0.4, 0.5) is 0 Å². The second kappa shape index (κ2) is 7.57. The van der Waals surface area contributed by atoms with Crippen molar-refractivity contribution in [3.8, 4) is 12.1 Å². The number of thiophene rings is 2. The molecule has 2 aromatic heterocycles. The maximum atomic E-state index is 9.40. The number of benzene rings is 1. The molecule has 4 heteroatoms. The molecule has 0 aliphatic carbocycles. The van der Waals surface area contributed by atoms with E-state index in [1.165, 1.54) is 0 Å². The smallest absolute Gasteiger partial charge is 0.0998 e. The highest BCUT2D eigenvalue weighted by Gasteiger charge is 2.05. The normalized spacial score (nSPS) is 11.8. The molecule has 3 rings (SSSR count). The van der Waals surface area contributed by atoms with Crippen molar-refractivity contribution < 1.29 is 0 Å². The molecule has 114 valence electrons. The minimum atomic E-state index is 0.611. The Bertz CT molecular complexity index is 865. The molecule has 0 saturated heterocycles. The zero-order valence-corrected chi connectivity index (χ0v) is 14.3. The Balaban J connectivity index is 1.90. The summed E-state index contributed by atoms with van der Waals surface area (Å²) in [5.74, 6) is 0. The third-order valence-electron chi connectivity index (χ3n) is 3.46. The van der Waals surface area contributed by atoms with Gasteiger partial charge in [0.25, 0.3) is 0 Å². The van der Waals surface area contributed by atoms with Crippen molar-refractivity contribution in [2.24, 2.45) is 0 Å². The lowest BCUT2D eigenvalue weighted by Crippen LogP contribution is -1.85. The van der Waals surface area contributed by atoms with E-state index in [9.17, 15) is 10.5 Å². The van der Waals surface area contributed by atoms with E-state index in [2.05, 4.69) is 12.1 Å². The summed E-state index contributed by atoms with van der Waals surface area (Å²) >= 11 is 3.20. The largest absolute Gasteiger partial charge is 0.192 e. The molecule has 0 amide bonds. The van der Waals surface area contributed by atoms with Crippen LogP contribution in [0.15, 0.2) is 57.9 Å². The lowest BCUT2D eigenvalue weighted by Gasteiger charge is -2.03. The third kappa shape index (κ3) is 3.70. The van der Waals surface area contributed by atoms with Crippen molar-refractivity contribution in [1.29, 1.82) is 10.5 Å². The SMILES string of the molecule is N#C/C(=C\c1ccsc1)c1ccc(/C(C#N)=C/c2ccsc2)cc1. The van der Waals surface area contributed by atoms with E-state index in [4.69, 9.17) is 0 Å². The van der Waals surface area contributed by atoms with Crippen LogP contribution >= 0.6 is 22.7 Å². The van der Waals surface area contributed by atoms with E-state index < -0.39 is 0 Å². The van der Waals surface area contributed by atoms with E-state index in [0.29, 0.717) is 11.1 Å². The Morgan fingerprint density at radius 1 is 0.708 bits per heavy atom. The number of allylic oxidation sites excluding steroid dienone is 2. The topological polar surface area (TPSA) is 47.6 Å². The molecule has 0 atom stereocenters. The molecule has 0 saturated carbocycles. The van der Waals surface area contributed by atoms with Gasteiger partial charge >= 0.3 is 0 Å². The first-order valence-electron chi connectivity index (χ1n) is 7.19. The molecule has 24 heavy (non-hydrogen) atoms. The van der Waals surface area contributed by atoms with Crippen LogP contribution < -0.4 is 0 Å². The fourth-order valence-electron chi connectivity index (χ4n) is 2.24. The highest BCUT2D eigenvalue weighted by molar-refractivity contribution is 7.08. The van der Waals surface area contributed by atoms with Gasteiger partial charge < -0.3 is 0 Å². The maximum absolute atomic E-state index is 9.40. The summed E-state index contributed by atoms with van der Waals surface area (Å²) in [5.41, 5.74) is 4.97. The van der Waals surface area contributed by atoms with Gasteiger partial charge in [0.2, 0.25) is 0 Å². The second-order valence-electron chi connectivity index (χ2n) is 5.03. The van der Waals surface area contributed by atoms with Gasteiger partial charge in [0.15, 0.2) is 0 Å². The molecule has 0 N–H and O–H groups in total.